The van der Waals surface area contributed by atoms with Gasteiger partial charge in [-0.2, -0.15) is 0 Å². The van der Waals surface area contributed by atoms with Gasteiger partial charge in [-0.15, -0.1) is 0 Å². The topological polar surface area (TPSA) is 74.6 Å². The Morgan fingerprint density at radius 2 is 1.77 bits per heavy atom. The van der Waals surface area contributed by atoms with Crippen molar-refractivity contribution in [1.82, 2.24) is 0 Å². The molecular weight excluding hydrogens is 240 g/mol. The second-order valence-corrected chi connectivity index (χ2v) is 5.39. The number of aliphatic hydroxyl groups is 1. The minimum absolute atomic E-state index is 0.526. The molecule has 0 radical (unpaired) electrons. The maximum atomic E-state index is 11.4. The van der Waals surface area contributed by atoms with Crippen LogP contribution in [0.2, 0.25) is 0 Å². The van der Waals surface area contributed by atoms with Crippen molar-refractivity contribution in [3.8, 4) is 0 Å². The number of carboxylic acid groups (broad SMARTS) is 1. The molecule has 0 saturated heterocycles. The van der Waals surface area contributed by atoms with Crippen LogP contribution in [0.25, 0.3) is 0 Å². The molecule has 0 spiro atoms. The van der Waals surface area contributed by atoms with E-state index in [0.29, 0.717) is 0 Å². The van der Waals surface area contributed by atoms with E-state index in [1.165, 1.54) is 6.92 Å². The second-order valence-electron chi connectivity index (χ2n) is 3.41. The van der Waals surface area contributed by atoms with Crippen LogP contribution < -0.4 is 0 Å². The van der Waals surface area contributed by atoms with E-state index < -0.39 is 28.1 Å². The van der Waals surface area contributed by atoms with Crippen LogP contribution in [0.5, 0.6) is 0 Å². The Balaban J connectivity index is 4.53. The fourth-order valence-corrected chi connectivity index (χ4v) is 0.948. The zero-order valence-electron chi connectivity index (χ0n) is 7.74. The van der Waals surface area contributed by atoms with Gasteiger partial charge in [-0.25, -0.2) is 0 Å². The van der Waals surface area contributed by atoms with Crippen LogP contribution >= 0.6 is 15.9 Å². The number of Topliss-reactive ketones (excluding diaryl/α,β-unsaturated/α-hetero) is 1. The highest BCUT2D eigenvalue weighted by atomic mass is 79.9. The Morgan fingerprint density at radius 1 is 1.38 bits per heavy atom. The Labute approximate surface area is 85.1 Å². The van der Waals surface area contributed by atoms with Crippen LogP contribution in [0.4, 0.5) is 0 Å². The highest BCUT2D eigenvalue weighted by molar-refractivity contribution is 9.10. The fourth-order valence-electron chi connectivity index (χ4n) is 0.714. The van der Waals surface area contributed by atoms with E-state index in [1.807, 2.05) is 0 Å². The molecule has 0 amide bonds. The summed E-state index contributed by atoms with van der Waals surface area (Å²) in [5.74, 6) is -2.79. The molecule has 2 unspecified atom stereocenters. The number of aliphatic carboxylic acids is 1. The lowest BCUT2D eigenvalue weighted by atomic mass is 9.94. The Bertz CT molecular complexity index is 219. The predicted octanol–water partition coefficient (Wildman–Crippen LogP) is 0.811. The third-order valence-electron chi connectivity index (χ3n) is 1.72. The maximum Gasteiger partial charge on any atom is 0.309 e. The third kappa shape index (κ3) is 3.44. The largest absolute Gasteiger partial charge is 0.481 e. The van der Waals surface area contributed by atoms with Gasteiger partial charge in [-0.1, -0.05) is 15.9 Å². The van der Waals surface area contributed by atoms with Crippen LogP contribution in [0.1, 0.15) is 20.8 Å². The van der Waals surface area contributed by atoms with Crippen molar-refractivity contribution in [2.24, 2.45) is 5.92 Å². The normalized spacial score (nSPS) is 16.4. The summed E-state index contributed by atoms with van der Waals surface area (Å²) in [7, 11) is 0. The lowest BCUT2D eigenvalue weighted by molar-refractivity contribution is -0.149. The standard InChI is InChI=1S/C8H13BrO4/c1-4(7(12)13)5(10)6(11)8(2,3)9/h4-5,10H,1-3H3,(H,12,13). The molecule has 0 aromatic heterocycles. The molecular formula is C8H13BrO4. The van der Waals surface area contributed by atoms with Gasteiger partial charge >= 0.3 is 5.97 Å². The van der Waals surface area contributed by atoms with E-state index in [4.69, 9.17) is 5.11 Å². The molecule has 0 aliphatic heterocycles. The van der Waals surface area contributed by atoms with Crippen molar-refractivity contribution in [2.45, 2.75) is 31.2 Å². The van der Waals surface area contributed by atoms with Gasteiger partial charge in [0.05, 0.1) is 10.2 Å². The van der Waals surface area contributed by atoms with Crippen LogP contribution in [0.3, 0.4) is 0 Å². The summed E-state index contributed by atoms with van der Waals surface area (Å²) < 4.78 is -0.893. The minimum Gasteiger partial charge on any atom is -0.481 e. The number of halogens is 1. The summed E-state index contributed by atoms with van der Waals surface area (Å²) in [4.78, 5) is 21.8. The number of ketones is 1. The van der Waals surface area contributed by atoms with Gasteiger partial charge in [0, 0.05) is 0 Å². The van der Waals surface area contributed by atoms with E-state index in [0.717, 1.165) is 0 Å². The lowest BCUT2D eigenvalue weighted by Gasteiger charge is -2.21. The first-order chi connectivity index (χ1) is 5.68. The molecule has 0 aromatic rings. The first kappa shape index (κ1) is 12.6. The zero-order valence-corrected chi connectivity index (χ0v) is 9.33. The molecule has 76 valence electrons. The highest BCUT2D eigenvalue weighted by Gasteiger charge is 2.35. The van der Waals surface area contributed by atoms with Crippen LogP contribution in [0, 0.1) is 5.92 Å². The summed E-state index contributed by atoms with van der Waals surface area (Å²) in [5, 5.41) is 17.9. The monoisotopic (exact) mass is 252 g/mol. The van der Waals surface area contributed by atoms with Gasteiger partial charge in [0.25, 0.3) is 0 Å². The average Bonchev–Trinajstić information content (AvgIpc) is 1.98. The van der Waals surface area contributed by atoms with Gasteiger partial charge in [0.15, 0.2) is 5.78 Å². The SMILES string of the molecule is CC(C(=O)O)C(O)C(=O)C(C)(C)Br. The highest BCUT2D eigenvalue weighted by Crippen LogP contribution is 2.21. The predicted molar refractivity (Wildman–Crippen MR) is 50.8 cm³/mol. The smallest absolute Gasteiger partial charge is 0.309 e. The van der Waals surface area contributed by atoms with Crippen LogP contribution in [0.15, 0.2) is 0 Å². The molecule has 0 aromatic carbocycles. The molecule has 2 atom stereocenters. The maximum absolute atomic E-state index is 11.4. The third-order valence-corrected chi connectivity index (χ3v) is 2.11. The van der Waals surface area contributed by atoms with E-state index in [9.17, 15) is 14.7 Å². The number of hydrogen-bond acceptors (Lipinski definition) is 3. The number of carbonyl (C=O) groups is 2. The first-order valence-corrected chi connectivity index (χ1v) is 4.61. The van der Waals surface area contributed by atoms with Gasteiger partial charge in [-0.3, -0.25) is 9.59 Å². The molecule has 0 rings (SSSR count). The van der Waals surface area contributed by atoms with Crippen molar-refractivity contribution < 1.29 is 19.8 Å². The average molecular weight is 253 g/mol. The molecule has 0 aliphatic rings. The molecule has 4 nitrogen and oxygen atoms in total. The zero-order chi connectivity index (χ0) is 10.8. The molecule has 0 bridgehead atoms. The summed E-state index contributed by atoms with van der Waals surface area (Å²) in [6.45, 7) is 4.42. The van der Waals surface area contributed by atoms with Crippen molar-refractivity contribution in [1.29, 1.82) is 0 Å². The quantitative estimate of drug-likeness (QED) is 0.727. The number of alkyl halides is 1. The Kier molecular flexibility index (Phi) is 4.06. The van der Waals surface area contributed by atoms with Gasteiger partial charge in [0.2, 0.25) is 0 Å². The molecule has 0 saturated carbocycles. The number of aliphatic hydroxyl groups excluding tert-OH is 1. The van der Waals surface area contributed by atoms with E-state index in [-0.39, 0.29) is 0 Å². The van der Waals surface area contributed by atoms with Gasteiger partial charge < -0.3 is 10.2 Å². The lowest BCUT2D eigenvalue weighted by Crippen LogP contribution is -2.41. The molecule has 0 aliphatic carbocycles. The Hall–Kier alpha value is -0.420. The van der Waals surface area contributed by atoms with Crippen LogP contribution in [-0.2, 0) is 9.59 Å². The summed E-state index contributed by atoms with van der Waals surface area (Å²) in [5.41, 5.74) is 0. The second kappa shape index (κ2) is 4.19. The van der Waals surface area contributed by atoms with E-state index in [1.54, 1.807) is 13.8 Å². The first-order valence-electron chi connectivity index (χ1n) is 3.82. The van der Waals surface area contributed by atoms with E-state index >= 15 is 0 Å². The van der Waals surface area contributed by atoms with Gasteiger partial charge in [-0.05, 0) is 20.8 Å². The van der Waals surface area contributed by atoms with Crippen molar-refractivity contribution in [2.75, 3.05) is 0 Å². The van der Waals surface area contributed by atoms with Crippen LogP contribution in [-0.4, -0.2) is 32.4 Å². The molecule has 5 heteroatoms. The summed E-state index contributed by atoms with van der Waals surface area (Å²) in [6.07, 6.45) is -1.47. The molecule has 2 N–H and O–H groups in total. The van der Waals surface area contributed by atoms with Crippen molar-refractivity contribution >= 4 is 27.7 Å². The number of rotatable bonds is 4. The van der Waals surface area contributed by atoms with Crippen molar-refractivity contribution in [3.05, 3.63) is 0 Å². The number of carbonyl (C=O) groups excluding carboxylic acids is 1. The van der Waals surface area contributed by atoms with Crippen molar-refractivity contribution in [3.63, 3.8) is 0 Å². The van der Waals surface area contributed by atoms with E-state index in [2.05, 4.69) is 15.9 Å². The molecule has 13 heavy (non-hydrogen) atoms. The molecule has 0 fully saturated rings. The fraction of sp³-hybridized carbons (Fsp3) is 0.750. The summed E-state index contributed by atoms with van der Waals surface area (Å²) in [6, 6.07) is 0. The Morgan fingerprint density at radius 3 is 2.00 bits per heavy atom. The number of carboxylic acids is 1. The van der Waals surface area contributed by atoms with Gasteiger partial charge in [0.1, 0.15) is 6.10 Å². The number of hydrogen-bond donors (Lipinski definition) is 2. The summed E-state index contributed by atoms with van der Waals surface area (Å²) >= 11 is 3.06. The molecule has 0 heterocycles. The minimum atomic E-state index is -1.47.